The highest BCUT2D eigenvalue weighted by Crippen LogP contribution is 2.44. The molecule has 1 N–H and O–H groups in total. The summed E-state index contributed by atoms with van der Waals surface area (Å²) in [6.45, 7) is 2.59. The van der Waals surface area contributed by atoms with Crippen LogP contribution in [0.3, 0.4) is 0 Å². The quantitative estimate of drug-likeness (QED) is 0.582. The Morgan fingerprint density at radius 3 is 2.85 bits per heavy atom. The maximum atomic E-state index is 14.0. The number of thiazole rings is 1. The van der Waals surface area contributed by atoms with Crippen molar-refractivity contribution >= 4 is 22.0 Å². The van der Waals surface area contributed by atoms with Crippen LogP contribution in [0.2, 0.25) is 0 Å². The van der Waals surface area contributed by atoms with Gasteiger partial charge in [0.25, 0.3) is 0 Å². The monoisotopic (exact) mass is 380 g/mol. The van der Waals surface area contributed by atoms with Crippen LogP contribution in [0.1, 0.15) is 27.9 Å². The van der Waals surface area contributed by atoms with Crippen LogP contribution in [-0.4, -0.2) is 26.2 Å². The number of hydrogen-bond acceptors (Lipinski definition) is 5. The number of benzene rings is 2. The number of aromatic hydroxyl groups is 1. The molecule has 7 heteroatoms. The Morgan fingerprint density at radius 1 is 1.19 bits per heavy atom. The summed E-state index contributed by atoms with van der Waals surface area (Å²) in [6.07, 6.45) is 0.919. The third-order valence-electron chi connectivity index (χ3n) is 4.95. The highest BCUT2D eigenvalue weighted by Gasteiger charge is 2.33. The van der Waals surface area contributed by atoms with Gasteiger partial charge in [0.2, 0.25) is 10.8 Å². The van der Waals surface area contributed by atoms with Gasteiger partial charge in [-0.3, -0.25) is 0 Å². The van der Waals surface area contributed by atoms with Crippen LogP contribution in [0.15, 0.2) is 48.5 Å². The summed E-state index contributed by atoms with van der Waals surface area (Å²) >= 11 is 1.39. The minimum Gasteiger partial charge on any atom is -0.492 e. The minimum atomic E-state index is -0.307. The van der Waals surface area contributed by atoms with E-state index in [0.29, 0.717) is 15.7 Å². The predicted octanol–water partition coefficient (Wildman–Crippen LogP) is 4.10. The predicted molar refractivity (Wildman–Crippen MR) is 103 cm³/mol. The van der Waals surface area contributed by atoms with Gasteiger partial charge in [0.05, 0.1) is 10.9 Å². The zero-order chi connectivity index (χ0) is 18.5. The van der Waals surface area contributed by atoms with Crippen LogP contribution in [0, 0.1) is 12.7 Å². The van der Waals surface area contributed by atoms with Gasteiger partial charge in [-0.25, -0.2) is 9.37 Å². The lowest BCUT2D eigenvalue weighted by Gasteiger charge is -2.30. The summed E-state index contributed by atoms with van der Waals surface area (Å²) in [5.74, 6) is 0.381. The number of fused-ring (bicyclic) bond motifs is 2. The van der Waals surface area contributed by atoms with E-state index in [-0.39, 0.29) is 17.7 Å². The maximum absolute atomic E-state index is 14.0. The van der Waals surface area contributed by atoms with Crippen LogP contribution >= 0.6 is 11.3 Å². The second-order valence-corrected chi connectivity index (χ2v) is 7.68. The molecule has 0 radical (unpaired) electrons. The molecule has 2 aromatic carbocycles. The SMILES string of the molecule is Cc1nc2sc(C(c3cccc(F)c3)N3CCc4ccccc43)c(O)n2n1. The van der Waals surface area contributed by atoms with Crippen LogP contribution in [0.5, 0.6) is 5.88 Å². The summed E-state index contributed by atoms with van der Waals surface area (Å²) in [4.78, 5) is 7.95. The largest absolute Gasteiger partial charge is 0.492 e. The van der Waals surface area contributed by atoms with Crippen molar-refractivity contribution in [1.82, 2.24) is 14.6 Å². The van der Waals surface area contributed by atoms with E-state index in [1.807, 2.05) is 18.2 Å². The van der Waals surface area contributed by atoms with Crippen LogP contribution in [-0.2, 0) is 6.42 Å². The van der Waals surface area contributed by atoms with Crippen molar-refractivity contribution in [1.29, 1.82) is 0 Å². The fraction of sp³-hybridized carbons (Fsp3) is 0.200. The first-order valence-corrected chi connectivity index (χ1v) is 9.58. The van der Waals surface area contributed by atoms with Crippen molar-refractivity contribution in [3.8, 4) is 5.88 Å². The second-order valence-electron chi connectivity index (χ2n) is 6.67. The van der Waals surface area contributed by atoms with E-state index in [1.165, 1.54) is 33.5 Å². The number of nitrogens with zero attached hydrogens (tertiary/aromatic N) is 4. The third kappa shape index (κ3) is 2.57. The molecule has 1 aliphatic heterocycles. The number of anilines is 1. The van der Waals surface area contributed by atoms with Crippen LogP contribution < -0.4 is 4.90 Å². The Morgan fingerprint density at radius 2 is 2.04 bits per heavy atom. The lowest BCUT2D eigenvalue weighted by molar-refractivity contribution is 0.430. The van der Waals surface area contributed by atoms with Crippen molar-refractivity contribution in [3.63, 3.8) is 0 Å². The minimum absolute atomic E-state index is 0.0641. The summed E-state index contributed by atoms with van der Waals surface area (Å²) < 4.78 is 15.5. The maximum Gasteiger partial charge on any atom is 0.230 e. The number of hydrogen-bond donors (Lipinski definition) is 1. The normalized spacial score (nSPS) is 14.7. The van der Waals surface area contributed by atoms with E-state index in [1.54, 1.807) is 13.0 Å². The fourth-order valence-electron chi connectivity index (χ4n) is 3.81. The molecule has 5 nitrogen and oxygen atoms in total. The smallest absolute Gasteiger partial charge is 0.230 e. The van der Waals surface area contributed by atoms with E-state index in [4.69, 9.17) is 0 Å². The summed E-state index contributed by atoms with van der Waals surface area (Å²) in [5.41, 5.74) is 3.17. The summed E-state index contributed by atoms with van der Waals surface area (Å²) in [5, 5.41) is 15.1. The molecule has 1 atom stereocenters. The average Bonchev–Trinajstić information content (AvgIpc) is 3.31. The number of aromatic nitrogens is 3. The molecule has 27 heavy (non-hydrogen) atoms. The molecule has 0 aliphatic carbocycles. The highest BCUT2D eigenvalue weighted by molar-refractivity contribution is 7.17. The summed E-state index contributed by atoms with van der Waals surface area (Å²) in [6, 6.07) is 14.5. The molecule has 1 aliphatic rings. The average molecular weight is 380 g/mol. The zero-order valence-corrected chi connectivity index (χ0v) is 15.4. The van der Waals surface area contributed by atoms with Crippen molar-refractivity contribution < 1.29 is 9.50 Å². The van der Waals surface area contributed by atoms with Gasteiger partial charge in [-0.15, -0.1) is 5.10 Å². The van der Waals surface area contributed by atoms with Gasteiger partial charge >= 0.3 is 0 Å². The molecule has 0 saturated heterocycles. The van der Waals surface area contributed by atoms with Crippen molar-refractivity contribution in [2.75, 3.05) is 11.4 Å². The first-order chi connectivity index (χ1) is 13.1. The molecule has 0 amide bonds. The molecule has 0 saturated carbocycles. The molecule has 4 aromatic rings. The number of para-hydroxylation sites is 1. The lowest BCUT2D eigenvalue weighted by Crippen LogP contribution is -2.27. The molecular formula is C20H17FN4OS. The molecule has 1 unspecified atom stereocenters. The number of halogens is 1. The van der Waals surface area contributed by atoms with Gasteiger partial charge in [-0.2, -0.15) is 4.52 Å². The van der Waals surface area contributed by atoms with E-state index in [2.05, 4.69) is 27.1 Å². The van der Waals surface area contributed by atoms with Gasteiger partial charge in [0, 0.05) is 12.2 Å². The number of aryl methyl sites for hydroxylation is 1. The Hall–Kier alpha value is -2.93. The van der Waals surface area contributed by atoms with Gasteiger partial charge in [0.1, 0.15) is 11.6 Å². The van der Waals surface area contributed by atoms with Crippen molar-refractivity contribution in [2.24, 2.45) is 0 Å². The molecule has 0 bridgehead atoms. The van der Waals surface area contributed by atoms with E-state index < -0.39 is 0 Å². The van der Waals surface area contributed by atoms with E-state index in [0.717, 1.165) is 24.2 Å². The zero-order valence-electron chi connectivity index (χ0n) is 14.6. The van der Waals surface area contributed by atoms with Crippen molar-refractivity contribution in [3.05, 3.63) is 76.2 Å². The number of rotatable bonds is 3. The van der Waals surface area contributed by atoms with Crippen LogP contribution in [0.25, 0.3) is 4.96 Å². The van der Waals surface area contributed by atoms with E-state index >= 15 is 0 Å². The Balaban J connectivity index is 1.71. The second kappa shape index (κ2) is 6.06. The molecule has 136 valence electrons. The Kier molecular flexibility index (Phi) is 3.65. The van der Waals surface area contributed by atoms with E-state index in [9.17, 15) is 9.50 Å². The van der Waals surface area contributed by atoms with Gasteiger partial charge in [-0.05, 0) is 42.7 Å². The molecule has 0 spiro atoms. The molecule has 0 fully saturated rings. The fourth-order valence-corrected chi connectivity index (χ4v) is 4.95. The Labute approximate surface area is 159 Å². The van der Waals surface area contributed by atoms with Gasteiger partial charge < -0.3 is 10.0 Å². The Bertz CT molecular complexity index is 1150. The van der Waals surface area contributed by atoms with Crippen molar-refractivity contribution in [2.45, 2.75) is 19.4 Å². The third-order valence-corrected chi connectivity index (χ3v) is 6.03. The molecule has 2 aromatic heterocycles. The summed E-state index contributed by atoms with van der Waals surface area (Å²) in [7, 11) is 0. The standard InChI is InChI=1S/C20H17FN4OS/c1-12-22-20-25(23-12)19(26)18(27-20)17(14-6-4-7-15(21)11-14)24-10-9-13-5-2-3-8-16(13)24/h2-8,11,17,26H,9-10H2,1H3. The molecular weight excluding hydrogens is 363 g/mol. The topological polar surface area (TPSA) is 53.7 Å². The molecule has 3 heterocycles. The molecule has 5 rings (SSSR count). The van der Waals surface area contributed by atoms with Gasteiger partial charge in [0.15, 0.2) is 0 Å². The van der Waals surface area contributed by atoms with Crippen LogP contribution in [0.4, 0.5) is 10.1 Å². The first-order valence-electron chi connectivity index (χ1n) is 8.77. The van der Waals surface area contributed by atoms with Gasteiger partial charge in [-0.1, -0.05) is 41.7 Å². The highest BCUT2D eigenvalue weighted by atomic mass is 32.1. The first kappa shape index (κ1) is 16.3. The lowest BCUT2D eigenvalue weighted by atomic mass is 10.0.